The third-order valence-corrected chi connectivity index (χ3v) is 6.15. The van der Waals surface area contributed by atoms with Gasteiger partial charge in [0.25, 0.3) is 0 Å². The Morgan fingerprint density at radius 3 is 2.55 bits per heavy atom. The summed E-state index contributed by atoms with van der Waals surface area (Å²) in [5.41, 5.74) is 3.31. The van der Waals surface area contributed by atoms with E-state index < -0.39 is 0 Å². The van der Waals surface area contributed by atoms with Crippen molar-refractivity contribution in [3.63, 3.8) is 0 Å². The topological polar surface area (TPSA) is 57.2 Å². The largest absolute Gasteiger partial charge is 0.361 e. The van der Waals surface area contributed by atoms with Crippen molar-refractivity contribution in [2.75, 3.05) is 32.7 Å². The van der Waals surface area contributed by atoms with Crippen molar-refractivity contribution < 1.29 is 4.79 Å². The van der Waals surface area contributed by atoms with Gasteiger partial charge in [0.15, 0.2) is 0 Å². The van der Waals surface area contributed by atoms with Crippen LogP contribution in [0.15, 0.2) is 73.2 Å². The van der Waals surface area contributed by atoms with E-state index in [1.165, 1.54) is 0 Å². The average molecular weight is 414 g/mol. The van der Waals surface area contributed by atoms with E-state index in [1.54, 1.807) is 0 Å². The Morgan fingerprint density at radius 1 is 0.935 bits per heavy atom. The van der Waals surface area contributed by atoms with Gasteiger partial charge in [0.05, 0.1) is 6.42 Å². The molecule has 6 nitrogen and oxygen atoms in total. The first-order valence-electron chi connectivity index (χ1n) is 10.9. The maximum absolute atomic E-state index is 12.8. The molecule has 3 heterocycles. The molecule has 31 heavy (non-hydrogen) atoms. The second-order valence-corrected chi connectivity index (χ2v) is 8.07. The smallest absolute Gasteiger partial charge is 0.227 e. The zero-order chi connectivity index (χ0) is 21.0. The van der Waals surface area contributed by atoms with Gasteiger partial charge in [0, 0.05) is 74.3 Å². The van der Waals surface area contributed by atoms with Crippen LogP contribution in [-0.4, -0.2) is 63.0 Å². The zero-order valence-electron chi connectivity index (χ0n) is 17.6. The van der Waals surface area contributed by atoms with Crippen LogP contribution in [0, 0.1) is 0 Å². The number of piperazine rings is 1. The predicted molar refractivity (Wildman–Crippen MR) is 123 cm³/mol. The number of H-pyrrole nitrogens is 1. The van der Waals surface area contributed by atoms with Crippen molar-refractivity contribution in [2.24, 2.45) is 0 Å². The summed E-state index contributed by atoms with van der Waals surface area (Å²) in [5.74, 6) is 1.22. The Labute approximate surface area is 182 Å². The normalized spacial score (nSPS) is 14.9. The number of rotatable bonds is 6. The van der Waals surface area contributed by atoms with Crippen molar-refractivity contribution in [1.82, 2.24) is 24.3 Å². The fourth-order valence-corrected chi connectivity index (χ4v) is 4.36. The highest BCUT2D eigenvalue weighted by Gasteiger charge is 2.22. The number of imidazole rings is 1. The average Bonchev–Trinajstić information content (AvgIpc) is 3.46. The molecule has 1 saturated heterocycles. The van der Waals surface area contributed by atoms with Crippen LogP contribution in [0.2, 0.25) is 0 Å². The number of carbonyl (C=O) groups excluding carboxylic acids is 1. The summed E-state index contributed by atoms with van der Waals surface area (Å²) >= 11 is 0. The molecule has 0 spiro atoms. The molecular formula is C25H27N5O. The van der Waals surface area contributed by atoms with Gasteiger partial charge in [-0.1, -0.05) is 48.5 Å². The summed E-state index contributed by atoms with van der Waals surface area (Å²) in [6.07, 6.45) is 6.33. The third-order valence-electron chi connectivity index (χ3n) is 6.15. The molecule has 1 fully saturated rings. The molecule has 2 aromatic heterocycles. The standard InChI is InChI=1S/C25H27N5O/c31-24(18-21-19-27-23-9-5-4-8-22(21)23)29-15-12-28(13-16-29)14-17-30-11-10-26-25(30)20-6-2-1-3-7-20/h1-11,19,27H,12-18H2. The maximum atomic E-state index is 12.8. The molecule has 0 radical (unpaired) electrons. The van der Waals surface area contributed by atoms with Crippen molar-refractivity contribution in [3.05, 3.63) is 78.8 Å². The fraction of sp³-hybridized carbons (Fsp3) is 0.280. The van der Waals surface area contributed by atoms with Crippen LogP contribution in [0.4, 0.5) is 0 Å². The van der Waals surface area contributed by atoms with Crippen molar-refractivity contribution >= 4 is 16.8 Å². The second kappa shape index (κ2) is 8.78. The Balaban J connectivity index is 1.14. The van der Waals surface area contributed by atoms with Crippen LogP contribution in [-0.2, 0) is 17.8 Å². The highest BCUT2D eigenvalue weighted by molar-refractivity contribution is 5.88. The first-order valence-corrected chi connectivity index (χ1v) is 10.9. The number of benzene rings is 2. The summed E-state index contributed by atoms with van der Waals surface area (Å²) in [7, 11) is 0. The Kier molecular flexibility index (Phi) is 5.54. The minimum absolute atomic E-state index is 0.213. The van der Waals surface area contributed by atoms with E-state index in [2.05, 4.69) is 37.6 Å². The van der Waals surface area contributed by atoms with E-state index in [9.17, 15) is 4.79 Å². The van der Waals surface area contributed by atoms with Crippen LogP contribution in [0.1, 0.15) is 5.56 Å². The van der Waals surface area contributed by atoms with E-state index >= 15 is 0 Å². The summed E-state index contributed by atoms with van der Waals surface area (Å²) in [6.45, 7) is 5.26. The lowest BCUT2D eigenvalue weighted by molar-refractivity contribution is -0.132. The van der Waals surface area contributed by atoms with Gasteiger partial charge < -0.3 is 14.5 Å². The van der Waals surface area contributed by atoms with Gasteiger partial charge in [-0.3, -0.25) is 9.69 Å². The summed E-state index contributed by atoms with van der Waals surface area (Å²) in [4.78, 5) is 25.1. The molecule has 1 N–H and O–H groups in total. The van der Waals surface area contributed by atoms with Gasteiger partial charge in [0.1, 0.15) is 5.82 Å². The molecule has 0 bridgehead atoms. The van der Waals surface area contributed by atoms with Crippen LogP contribution >= 0.6 is 0 Å². The number of carbonyl (C=O) groups is 1. The summed E-state index contributed by atoms with van der Waals surface area (Å²) in [6, 6.07) is 18.5. The first-order chi connectivity index (χ1) is 15.3. The zero-order valence-corrected chi connectivity index (χ0v) is 17.6. The second-order valence-electron chi connectivity index (χ2n) is 8.07. The van der Waals surface area contributed by atoms with Crippen molar-refractivity contribution in [1.29, 1.82) is 0 Å². The van der Waals surface area contributed by atoms with E-state index in [0.29, 0.717) is 6.42 Å². The van der Waals surface area contributed by atoms with E-state index in [0.717, 1.165) is 67.1 Å². The van der Waals surface area contributed by atoms with Crippen LogP contribution in [0.5, 0.6) is 0 Å². The lowest BCUT2D eigenvalue weighted by atomic mass is 10.1. The van der Waals surface area contributed by atoms with Gasteiger partial charge in [-0.05, 0) is 11.6 Å². The highest BCUT2D eigenvalue weighted by Crippen LogP contribution is 2.19. The maximum Gasteiger partial charge on any atom is 0.227 e. The number of aromatic nitrogens is 3. The van der Waals surface area contributed by atoms with Crippen molar-refractivity contribution in [2.45, 2.75) is 13.0 Å². The number of amides is 1. The molecule has 2 aromatic carbocycles. The quantitative estimate of drug-likeness (QED) is 0.527. The molecule has 0 atom stereocenters. The van der Waals surface area contributed by atoms with E-state index in [1.807, 2.05) is 59.9 Å². The molecule has 0 unspecified atom stereocenters. The van der Waals surface area contributed by atoms with E-state index in [-0.39, 0.29) is 5.91 Å². The third kappa shape index (κ3) is 4.25. The number of nitrogens with one attached hydrogen (secondary N) is 1. The lowest BCUT2D eigenvalue weighted by Gasteiger charge is -2.35. The number of nitrogens with zero attached hydrogens (tertiary/aromatic N) is 4. The number of para-hydroxylation sites is 1. The Morgan fingerprint density at radius 2 is 1.71 bits per heavy atom. The Hall–Kier alpha value is -3.38. The molecule has 0 aliphatic carbocycles. The first kappa shape index (κ1) is 19.6. The molecule has 5 rings (SSSR count). The molecular weight excluding hydrogens is 386 g/mol. The van der Waals surface area contributed by atoms with Crippen LogP contribution in [0.25, 0.3) is 22.3 Å². The minimum atomic E-state index is 0.213. The number of fused-ring (bicyclic) bond motifs is 1. The van der Waals surface area contributed by atoms with E-state index in [4.69, 9.17) is 0 Å². The molecule has 0 saturated carbocycles. The molecule has 158 valence electrons. The van der Waals surface area contributed by atoms with Gasteiger partial charge in [-0.15, -0.1) is 0 Å². The monoisotopic (exact) mass is 413 g/mol. The SMILES string of the molecule is O=C(Cc1c[nH]c2ccccc12)N1CCN(CCn2ccnc2-c2ccccc2)CC1. The molecule has 1 amide bonds. The Bertz CT molecular complexity index is 1150. The molecule has 1 aliphatic heterocycles. The summed E-state index contributed by atoms with van der Waals surface area (Å²) < 4.78 is 2.21. The lowest BCUT2D eigenvalue weighted by Crippen LogP contribution is -2.49. The van der Waals surface area contributed by atoms with Crippen molar-refractivity contribution in [3.8, 4) is 11.4 Å². The molecule has 6 heteroatoms. The van der Waals surface area contributed by atoms with Crippen LogP contribution < -0.4 is 0 Å². The highest BCUT2D eigenvalue weighted by atomic mass is 16.2. The van der Waals surface area contributed by atoms with Gasteiger partial charge in [-0.2, -0.15) is 0 Å². The van der Waals surface area contributed by atoms with Crippen LogP contribution in [0.3, 0.4) is 0 Å². The minimum Gasteiger partial charge on any atom is -0.361 e. The van der Waals surface area contributed by atoms with Gasteiger partial charge >= 0.3 is 0 Å². The number of hydrogen-bond donors (Lipinski definition) is 1. The molecule has 4 aromatic rings. The summed E-state index contributed by atoms with van der Waals surface area (Å²) in [5, 5.41) is 1.14. The predicted octanol–water partition coefficient (Wildman–Crippen LogP) is 3.42. The number of aromatic amines is 1. The molecule has 1 aliphatic rings. The van der Waals surface area contributed by atoms with Gasteiger partial charge in [0.2, 0.25) is 5.91 Å². The number of hydrogen-bond acceptors (Lipinski definition) is 3. The fourth-order valence-electron chi connectivity index (χ4n) is 4.36. The van der Waals surface area contributed by atoms with Gasteiger partial charge in [-0.25, -0.2) is 4.98 Å².